The Morgan fingerprint density at radius 3 is 3.00 bits per heavy atom. The van der Waals surface area contributed by atoms with Crippen LogP contribution in [0.1, 0.15) is 12.8 Å². The molecule has 0 unspecified atom stereocenters. The van der Waals surface area contributed by atoms with Crippen molar-refractivity contribution in [3.05, 3.63) is 12.3 Å². The molecule has 1 aromatic heterocycles. The largest absolute Gasteiger partial charge is 0.395 e. The summed E-state index contributed by atoms with van der Waals surface area (Å²) in [6, 6.07) is 2.34. The molecule has 0 atom stereocenters. The molecule has 0 spiro atoms. The van der Waals surface area contributed by atoms with Crippen LogP contribution in [0.4, 0.5) is 11.8 Å². The lowest BCUT2D eigenvalue weighted by atomic mass is 10.4. The van der Waals surface area contributed by atoms with Gasteiger partial charge in [0, 0.05) is 18.8 Å². The molecule has 1 fully saturated rings. The van der Waals surface area contributed by atoms with Crippen molar-refractivity contribution in [1.29, 1.82) is 0 Å². The highest BCUT2D eigenvalue weighted by molar-refractivity contribution is 5.44. The minimum absolute atomic E-state index is 0.131. The Kier molecular flexibility index (Phi) is 2.98. The van der Waals surface area contributed by atoms with Crippen molar-refractivity contribution in [1.82, 2.24) is 9.97 Å². The third-order valence-electron chi connectivity index (χ3n) is 2.39. The van der Waals surface area contributed by atoms with Crippen LogP contribution in [0.25, 0.3) is 0 Å². The van der Waals surface area contributed by atoms with Crippen molar-refractivity contribution in [2.75, 3.05) is 23.5 Å². The number of anilines is 2. The van der Waals surface area contributed by atoms with Gasteiger partial charge in [0.05, 0.1) is 6.61 Å². The Hall–Kier alpha value is -1.40. The van der Waals surface area contributed by atoms with Gasteiger partial charge in [0.1, 0.15) is 5.82 Å². The fourth-order valence-electron chi connectivity index (χ4n) is 1.56. The minimum atomic E-state index is 0.131. The van der Waals surface area contributed by atoms with Gasteiger partial charge in [0.2, 0.25) is 5.95 Å². The average molecular weight is 209 g/mol. The Morgan fingerprint density at radius 2 is 2.40 bits per heavy atom. The number of hydrogen-bond donors (Lipinski definition) is 3. The molecular weight excluding hydrogens is 194 g/mol. The number of nitrogen functional groups attached to an aromatic ring is 1. The maximum atomic E-state index is 8.98. The lowest BCUT2D eigenvalue weighted by Crippen LogP contribution is -2.30. The lowest BCUT2D eigenvalue weighted by molar-refractivity contribution is 0.301. The number of aliphatic hydroxyl groups excluding tert-OH is 1. The molecule has 15 heavy (non-hydrogen) atoms. The molecule has 0 amide bonds. The number of hydrazine groups is 1. The smallest absolute Gasteiger partial charge is 0.239 e. The number of hydrogen-bond acceptors (Lipinski definition) is 6. The third-order valence-corrected chi connectivity index (χ3v) is 2.39. The second-order valence-electron chi connectivity index (χ2n) is 3.53. The average Bonchev–Trinajstić information content (AvgIpc) is 3.10. The molecule has 1 aliphatic carbocycles. The van der Waals surface area contributed by atoms with E-state index in [9.17, 15) is 0 Å². The van der Waals surface area contributed by atoms with Gasteiger partial charge in [-0.15, -0.1) is 0 Å². The number of rotatable bonds is 5. The van der Waals surface area contributed by atoms with Crippen molar-refractivity contribution in [3.8, 4) is 0 Å². The van der Waals surface area contributed by atoms with Crippen molar-refractivity contribution < 1.29 is 5.11 Å². The highest BCUT2D eigenvalue weighted by Crippen LogP contribution is 2.30. The first kappa shape index (κ1) is 10.1. The van der Waals surface area contributed by atoms with Crippen LogP contribution >= 0.6 is 0 Å². The fraction of sp³-hybridized carbons (Fsp3) is 0.556. The normalized spacial score (nSPS) is 15.1. The van der Waals surface area contributed by atoms with E-state index in [2.05, 4.69) is 20.3 Å². The van der Waals surface area contributed by atoms with Gasteiger partial charge in [-0.25, -0.2) is 10.8 Å². The van der Waals surface area contributed by atoms with Gasteiger partial charge >= 0.3 is 0 Å². The quantitative estimate of drug-likeness (QED) is 0.457. The highest BCUT2D eigenvalue weighted by Gasteiger charge is 2.29. The number of nitrogens with one attached hydrogen (secondary N) is 1. The topological polar surface area (TPSA) is 87.3 Å². The predicted molar refractivity (Wildman–Crippen MR) is 57.3 cm³/mol. The SMILES string of the molecule is NNc1nccc(N(CCO)C2CC2)n1. The van der Waals surface area contributed by atoms with Gasteiger partial charge in [-0.1, -0.05) is 0 Å². The predicted octanol–water partition coefficient (Wildman–Crippen LogP) is -0.277. The van der Waals surface area contributed by atoms with Crippen molar-refractivity contribution in [2.45, 2.75) is 18.9 Å². The molecule has 1 aliphatic rings. The summed E-state index contributed by atoms with van der Waals surface area (Å²) in [6.07, 6.45) is 3.98. The zero-order chi connectivity index (χ0) is 10.7. The van der Waals surface area contributed by atoms with E-state index < -0.39 is 0 Å². The van der Waals surface area contributed by atoms with Gasteiger partial charge in [0.25, 0.3) is 0 Å². The van der Waals surface area contributed by atoms with E-state index in [-0.39, 0.29) is 6.61 Å². The van der Waals surface area contributed by atoms with Crippen molar-refractivity contribution in [3.63, 3.8) is 0 Å². The molecule has 1 aromatic rings. The first-order valence-electron chi connectivity index (χ1n) is 5.02. The van der Waals surface area contributed by atoms with Crippen LogP contribution in [0.15, 0.2) is 12.3 Å². The van der Waals surface area contributed by atoms with Crippen molar-refractivity contribution >= 4 is 11.8 Å². The van der Waals surface area contributed by atoms with Gasteiger partial charge in [-0.3, -0.25) is 5.43 Å². The summed E-state index contributed by atoms with van der Waals surface area (Å²) in [5.74, 6) is 6.46. The van der Waals surface area contributed by atoms with Gasteiger partial charge < -0.3 is 10.0 Å². The molecule has 1 heterocycles. The highest BCUT2D eigenvalue weighted by atomic mass is 16.3. The van der Waals surface area contributed by atoms with Crippen LogP contribution in [-0.2, 0) is 0 Å². The van der Waals surface area contributed by atoms with E-state index in [0.29, 0.717) is 18.5 Å². The number of aromatic nitrogens is 2. The monoisotopic (exact) mass is 209 g/mol. The Labute approximate surface area is 88.1 Å². The molecule has 0 saturated heterocycles. The van der Waals surface area contributed by atoms with Crippen LogP contribution in [0.5, 0.6) is 0 Å². The number of aliphatic hydroxyl groups is 1. The first-order valence-corrected chi connectivity index (χ1v) is 5.02. The van der Waals surface area contributed by atoms with Gasteiger partial charge in [-0.2, -0.15) is 4.98 Å². The lowest BCUT2D eigenvalue weighted by Gasteiger charge is -2.22. The first-order chi connectivity index (χ1) is 7.35. The van der Waals surface area contributed by atoms with Crippen LogP contribution in [0.2, 0.25) is 0 Å². The number of nitrogens with two attached hydrogens (primary N) is 1. The van der Waals surface area contributed by atoms with E-state index in [1.165, 1.54) is 0 Å². The second kappa shape index (κ2) is 4.41. The van der Waals surface area contributed by atoms with Gasteiger partial charge in [-0.05, 0) is 18.9 Å². The summed E-state index contributed by atoms with van der Waals surface area (Å²) in [6.45, 7) is 0.734. The van der Waals surface area contributed by atoms with E-state index in [1.807, 2.05) is 6.07 Å². The van der Waals surface area contributed by atoms with E-state index in [0.717, 1.165) is 18.7 Å². The Bertz CT molecular complexity index is 328. The summed E-state index contributed by atoms with van der Waals surface area (Å²) in [7, 11) is 0. The van der Waals surface area contributed by atoms with E-state index in [1.54, 1.807) is 6.20 Å². The summed E-state index contributed by atoms with van der Waals surface area (Å²) in [5, 5.41) is 8.98. The molecule has 2 rings (SSSR count). The molecule has 0 aliphatic heterocycles. The minimum Gasteiger partial charge on any atom is -0.395 e. The maximum absolute atomic E-state index is 8.98. The maximum Gasteiger partial charge on any atom is 0.239 e. The summed E-state index contributed by atoms with van der Waals surface area (Å²) in [5.41, 5.74) is 2.41. The molecule has 1 saturated carbocycles. The van der Waals surface area contributed by atoms with Crippen LogP contribution in [0.3, 0.4) is 0 Å². The molecule has 6 heteroatoms. The van der Waals surface area contributed by atoms with Gasteiger partial charge in [0.15, 0.2) is 0 Å². The zero-order valence-corrected chi connectivity index (χ0v) is 8.43. The van der Waals surface area contributed by atoms with E-state index in [4.69, 9.17) is 10.9 Å². The zero-order valence-electron chi connectivity index (χ0n) is 8.43. The Balaban J connectivity index is 2.16. The van der Waals surface area contributed by atoms with Crippen molar-refractivity contribution in [2.24, 2.45) is 5.84 Å². The Morgan fingerprint density at radius 1 is 1.60 bits per heavy atom. The summed E-state index contributed by atoms with van der Waals surface area (Å²) in [4.78, 5) is 10.3. The molecule has 0 aromatic carbocycles. The second-order valence-corrected chi connectivity index (χ2v) is 3.53. The standard InChI is InChI=1S/C9H15N5O/c10-13-9-11-4-3-8(12-9)14(5-6-15)7-1-2-7/h3-4,7,15H,1-2,5-6,10H2,(H,11,12,13). The number of nitrogens with zero attached hydrogens (tertiary/aromatic N) is 3. The molecule has 6 nitrogen and oxygen atoms in total. The molecule has 82 valence electrons. The van der Waals surface area contributed by atoms with Crippen LogP contribution < -0.4 is 16.2 Å². The van der Waals surface area contributed by atoms with Crippen LogP contribution in [0, 0.1) is 0 Å². The molecule has 0 radical (unpaired) electrons. The summed E-state index contributed by atoms with van der Waals surface area (Å²) >= 11 is 0. The molecule has 4 N–H and O–H groups in total. The van der Waals surface area contributed by atoms with Crippen LogP contribution in [-0.4, -0.2) is 34.3 Å². The molecular formula is C9H15N5O. The summed E-state index contributed by atoms with van der Waals surface area (Å²) < 4.78 is 0. The molecule has 0 bridgehead atoms. The third kappa shape index (κ3) is 2.34. The van der Waals surface area contributed by atoms with E-state index >= 15 is 0 Å². The fourth-order valence-corrected chi connectivity index (χ4v) is 1.56.